The second-order valence-electron chi connectivity index (χ2n) is 5.35. The van der Waals surface area contributed by atoms with Gasteiger partial charge in [0.2, 0.25) is 5.78 Å². The smallest absolute Gasteiger partial charge is 0.203 e. The normalized spacial score (nSPS) is 24.2. The number of allylic oxidation sites excluding steroid dienone is 1. The standard InChI is InChI=1S/C17H19NO3/c1-4-12-6-5-7-13(9-12)18-10-14-11(2)8-15(19)17(3,21)16(14)20/h5-10,18,21H,4H2,1-3H3/b14-10-/t17-/m1/s1. The van der Waals surface area contributed by atoms with Gasteiger partial charge in [0.05, 0.1) is 0 Å². The van der Waals surface area contributed by atoms with Crippen LogP contribution in [0.15, 0.2) is 47.7 Å². The Kier molecular flexibility index (Phi) is 4.09. The van der Waals surface area contributed by atoms with Crippen LogP contribution in [0.25, 0.3) is 0 Å². The maximum atomic E-state index is 12.2. The average Bonchev–Trinajstić information content (AvgIpc) is 2.46. The number of rotatable bonds is 3. The van der Waals surface area contributed by atoms with Crippen LogP contribution in [0.3, 0.4) is 0 Å². The fourth-order valence-electron chi connectivity index (χ4n) is 2.18. The Bertz CT molecular complexity index is 654. The van der Waals surface area contributed by atoms with Gasteiger partial charge in [-0.3, -0.25) is 9.59 Å². The number of benzene rings is 1. The Morgan fingerprint density at radius 3 is 2.71 bits per heavy atom. The van der Waals surface area contributed by atoms with Gasteiger partial charge in [-0.05, 0) is 49.6 Å². The summed E-state index contributed by atoms with van der Waals surface area (Å²) in [6.45, 7) is 4.98. The maximum absolute atomic E-state index is 12.2. The molecule has 2 rings (SSSR count). The Morgan fingerprint density at radius 2 is 2.05 bits per heavy atom. The molecule has 1 atom stereocenters. The van der Waals surface area contributed by atoms with E-state index in [4.69, 9.17) is 0 Å². The van der Waals surface area contributed by atoms with E-state index >= 15 is 0 Å². The lowest BCUT2D eigenvalue weighted by Gasteiger charge is -2.25. The molecule has 1 aliphatic rings. The van der Waals surface area contributed by atoms with Crippen molar-refractivity contribution in [1.82, 2.24) is 0 Å². The van der Waals surface area contributed by atoms with E-state index in [2.05, 4.69) is 12.2 Å². The van der Waals surface area contributed by atoms with Crippen LogP contribution in [-0.2, 0) is 16.0 Å². The van der Waals surface area contributed by atoms with Crippen LogP contribution in [0, 0.1) is 0 Å². The minimum absolute atomic E-state index is 0.321. The van der Waals surface area contributed by atoms with Gasteiger partial charge in [0.15, 0.2) is 11.4 Å². The zero-order chi connectivity index (χ0) is 15.6. The van der Waals surface area contributed by atoms with Crippen LogP contribution >= 0.6 is 0 Å². The molecule has 0 unspecified atom stereocenters. The molecule has 1 aliphatic carbocycles. The first-order valence-electron chi connectivity index (χ1n) is 6.92. The summed E-state index contributed by atoms with van der Waals surface area (Å²) in [5, 5.41) is 13.0. The molecule has 0 bridgehead atoms. The zero-order valence-electron chi connectivity index (χ0n) is 12.4. The first-order valence-corrected chi connectivity index (χ1v) is 6.92. The molecule has 0 aliphatic heterocycles. The van der Waals surface area contributed by atoms with Crippen LogP contribution in [0.5, 0.6) is 0 Å². The average molecular weight is 285 g/mol. The van der Waals surface area contributed by atoms with Gasteiger partial charge in [0.1, 0.15) is 0 Å². The van der Waals surface area contributed by atoms with Crippen molar-refractivity contribution >= 4 is 17.3 Å². The zero-order valence-corrected chi connectivity index (χ0v) is 12.4. The minimum atomic E-state index is -1.97. The molecule has 0 radical (unpaired) electrons. The Morgan fingerprint density at radius 1 is 1.33 bits per heavy atom. The predicted octanol–water partition coefficient (Wildman–Crippen LogP) is 2.39. The molecule has 4 nitrogen and oxygen atoms in total. The number of carbonyl (C=O) groups excluding carboxylic acids is 2. The van der Waals surface area contributed by atoms with Crippen molar-refractivity contribution in [1.29, 1.82) is 0 Å². The molecular weight excluding hydrogens is 266 g/mol. The lowest BCUT2D eigenvalue weighted by atomic mass is 9.82. The van der Waals surface area contributed by atoms with Crippen molar-refractivity contribution in [2.45, 2.75) is 32.8 Å². The highest BCUT2D eigenvalue weighted by Gasteiger charge is 2.42. The second kappa shape index (κ2) is 5.66. The van der Waals surface area contributed by atoms with Crippen molar-refractivity contribution in [2.24, 2.45) is 0 Å². The van der Waals surface area contributed by atoms with E-state index in [1.165, 1.54) is 18.6 Å². The number of ketones is 2. The van der Waals surface area contributed by atoms with E-state index < -0.39 is 17.2 Å². The summed E-state index contributed by atoms with van der Waals surface area (Å²) in [4.78, 5) is 23.8. The van der Waals surface area contributed by atoms with Crippen LogP contribution in [0.4, 0.5) is 5.69 Å². The second-order valence-corrected chi connectivity index (χ2v) is 5.35. The van der Waals surface area contributed by atoms with Crippen molar-refractivity contribution in [3.05, 3.63) is 53.3 Å². The van der Waals surface area contributed by atoms with E-state index in [1.54, 1.807) is 13.1 Å². The number of aliphatic hydroxyl groups is 1. The summed E-state index contributed by atoms with van der Waals surface area (Å²) in [5.41, 5.74) is 0.942. The molecule has 1 aromatic rings. The van der Waals surface area contributed by atoms with Gasteiger partial charge < -0.3 is 10.4 Å². The van der Waals surface area contributed by atoms with E-state index in [1.807, 2.05) is 24.3 Å². The van der Waals surface area contributed by atoms with Gasteiger partial charge in [-0.2, -0.15) is 0 Å². The quantitative estimate of drug-likeness (QED) is 0.661. The summed E-state index contributed by atoms with van der Waals surface area (Å²) >= 11 is 0. The number of Topliss-reactive ketones (excluding diaryl/α,β-unsaturated/α-hetero) is 1. The largest absolute Gasteiger partial charge is 0.374 e. The number of hydrogen-bond donors (Lipinski definition) is 2. The van der Waals surface area contributed by atoms with Crippen LogP contribution in [0.2, 0.25) is 0 Å². The molecule has 4 heteroatoms. The number of anilines is 1. The summed E-state index contributed by atoms with van der Waals surface area (Å²) in [6, 6.07) is 7.85. The molecule has 21 heavy (non-hydrogen) atoms. The van der Waals surface area contributed by atoms with Gasteiger partial charge in [-0.25, -0.2) is 0 Å². The van der Waals surface area contributed by atoms with E-state index in [0.29, 0.717) is 11.1 Å². The van der Waals surface area contributed by atoms with Gasteiger partial charge in [-0.15, -0.1) is 0 Å². The fourth-order valence-corrected chi connectivity index (χ4v) is 2.18. The molecule has 0 spiro atoms. The highest BCUT2D eigenvalue weighted by atomic mass is 16.3. The summed E-state index contributed by atoms with van der Waals surface area (Å²) in [6.07, 6.45) is 3.77. The van der Waals surface area contributed by atoms with Crippen LogP contribution in [-0.4, -0.2) is 22.3 Å². The Hall–Kier alpha value is -2.20. The lowest BCUT2D eigenvalue weighted by Crippen LogP contribution is -2.46. The molecule has 0 heterocycles. The van der Waals surface area contributed by atoms with Gasteiger partial charge in [0, 0.05) is 17.5 Å². The van der Waals surface area contributed by atoms with Crippen molar-refractivity contribution in [3.63, 3.8) is 0 Å². The molecule has 0 aromatic heterocycles. The first-order chi connectivity index (χ1) is 9.86. The molecule has 2 N–H and O–H groups in total. The maximum Gasteiger partial charge on any atom is 0.203 e. The number of carbonyl (C=O) groups is 2. The Balaban J connectivity index is 2.30. The third-order valence-electron chi connectivity index (χ3n) is 3.66. The van der Waals surface area contributed by atoms with Gasteiger partial charge in [0.25, 0.3) is 0 Å². The first kappa shape index (κ1) is 15.2. The highest BCUT2D eigenvalue weighted by molar-refractivity contribution is 6.25. The highest BCUT2D eigenvalue weighted by Crippen LogP contribution is 2.26. The van der Waals surface area contributed by atoms with E-state index in [0.717, 1.165) is 12.1 Å². The van der Waals surface area contributed by atoms with Gasteiger partial charge in [-0.1, -0.05) is 19.1 Å². The molecule has 1 aromatic carbocycles. The third-order valence-corrected chi connectivity index (χ3v) is 3.66. The van der Waals surface area contributed by atoms with Crippen molar-refractivity contribution < 1.29 is 14.7 Å². The van der Waals surface area contributed by atoms with Gasteiger partial charge >= 0.3 is 0 Å². The minimum Gasteiger partial charge on any atom is -0.374 e. The van der Waals surface area contributed by atoms with E-state index in [-0.39, 0.29) is 0 Å². The molecule has 0 saturated carbocycles. The fraction of sp³-hybridized carbons (Fsp3) is 0.294. The van der Waals surface area contributed by atoms with Crippen molar-refractivity contribution in [2.75, 3.05) is 5.32 Å². The molecule has 0 fully saturated rings. The Labute approximate surface area is 124 Å². The monoisotopic (exact) mass is 285 g/mol. The lowest BCUT2D eigenvalue weighted by molar-refractivity contribution is -0.144. The summed E-state index contributed by atoms with van der Waals surface area (Å²) in [5.74, 6) is -1.15. The van der Waals surface area contributed by atoms with Crippen molar-refractivity contribution in [3.8, 4) is 0 Å². The predicted molar refractivity (Wildman–Crippen MR) is 81.9 cm³/mol. The van der Waals surface area contributed by atoms with Crippen LogP contribution < -0.4 is 5.32 Å². The molecule has 0 saturated heterocycles. The van der Waals surface area contributed by atoms with E-state index in [9.17, 15) is 14.7 Å². The van der Waals surface area contributed by atoms with Crippen LogP contribution in [0.1, 0.15) is 26.3 Å². The number of aryl methyl sites for hydroxylation is 1. The molecule has 0 amide bonds. The third kappa shape index (κ3) is 2.95. The SMILES string of the molecule is CCc1cccc(N/C=C2\C(=O)[C@](C)(O)C(=O)C=C2C)c1. The molecule has 110 valence electrons. The summed E-state index contributed by atoms with van der Waals surface area (Å²) < 4.78 is 0. The number of nitrogens with one attached hydrogen (secondary N) is 1. The molecular formula is C17H19NO3. The topological polar surface area (TPSA) is 66.4 Å². The number of hydrogen-bond acceptors (Lipinski definition) is 4. The summed E-state index contributed by atoms with van der Waals surface area (Å²) in [7, 11) is 0.